The van der Waals surface area contributed by atoms with Crippen molar-refractivity contribution in [2.45, 2.75) is 71.8 Å². The molecule has 1 saturated carbocycles. The summed E-state index contributed by atoms with van der Waals surface area (Å²) in [5.41, 5.74) is 0.870. The van der Waals surface area contributed by atoms with Crippen LogP contribution in [0.1, 0.15) is 64.9 Å². The van der Waals surface area contributed by atoms with Gasteiger partial charge in [0.1, 0.15) is 23.7 Å². The zero-order valence-corrected chi connectivity index (χ0v) is 18.7. The first-order valence-corrected chi connectivity index (χ1v) is 11.2. The van der Waals surface area contributed by atoms with Crippen molar-refractivity contribution in [2.75, 3.05) is 0 Å². The molecule has 0 aromatic heterocycles. The molecule has 4 atom stereocenters. The normalized spacial score (nSPS) is 19.1. The van der Waals surface area contributed by atoms with Crippen LogP contribution >= 0.6 is 0 Å². The van der Waals surface area contributed by atoms with E-state index >= 15 is 0 Å². The van der Waals surface area contributed by atoms with Gasteiger partial charge in [-0.25, -0.2) is 4.39 Å². The molecule has 31 heavy (non-hydrogen) atoms. The van der Waals surface area contributed by atoms with Gasteiger partial charge in [0, 0.05) is 30.6 Å². The second-order valence-electron chi connectivity index (χ2n) is 9.27. The van der Waals surface area contributed by atoms with Crippen molar-refractivity contribution in [3.63, 3.8) is 0 Å². The Kier molecular flexibility index (Phi) is 9.53. The quantitative estimate of drug-likeness (QED) is 0.506. The molecule has 0 aliphatic heterocycles. The van der Waals surface area contributed by atoms with Gasteiger partial charge in [-0.2, -0.15) is 0 Å². The predicted octanol–water partition coefficient (Wildman–Crippen LogP) is 4.07. The third-order valence-electron chi connectivity index (χ3n) is 6.04. The molecule has 1 aliphatic rings. The lowest BCUT2D eigenvalue weighted by Crippen LogP contribution is -2.42. The number of amides is 1. The van der Waals surface area contributed by atoms with Gasteiger partial charge in [0.2, 0.25) is 5.91 Å². The Labute approximate surface area is 184 Å². The summed E-state index contributed by atoms with van der Waals surface area (Å²) in [6.07, 6.45) is 4.27. The van der Waals surface area contributed by atoms with E-state index < -0.39 is 12.0 Å². The molecular formula is C25H34FNO4. The Balaban J connectivity index is 1.97. The summed E-state index contributed by atoms with van der Waals surface area (Å²) in [4.78, 5) is 49.1. The largest absolute Gasteiger partial charge is 0.346 e. The summed E-state index contributed by atoms with van der Waals surface area (Å²) in [7, 11) is 0. The monoisotopic (exact) mass is 431 g/mol. The van der Waals surface area contributed by atoms with Crippen LogP contribution in [0.2, 0.25) is 0 Å². The Morgan fingerprint density at radius 3 is 2.42 bits per heavy atom. The lowest BCUT2D eigenvalue weighted by atomic mass is 9.86. The number of benzene rings is 1. The zero-order chi connectivity index (χ0) is 23.0. The first-order valence-electron chi connectivity index (χ1n) is 11.2. The topological polar surface area (TPSA) is 80.3 Å². The highest BCUT2D eigenvalue weighted by Gasteiger charge is 2.30. The number of hydrogen-bond donors (Lipinski definition) is 1. The second-order valence-corrected chi connectivity index (χ2v) is 9.27. The van der Waals surface area contributed by atoms with Crippen molar-refractivity contribution < 1.29 is 23.6 Å². The summed E-state index contributed by atoms with van der Waals surface area (Å²) in [5, 5.41) is 2.77. The number of aldehydes is 1. The third-order valence-corrected chi connectivity index (χ3v) is 6.04. The van der Waals surface area contributed by atoms with Gasteiger partial charge in [-0.05, 0) is 55.7 Å². The van der Waals surface area contributed by atoms with Crippen LogP contribution < -0.4 is 5.32 Å². The first-order chi connectivity index (χ1) is 14.7. The molecule has 0 bridgehead atoms. The molecule has 6 heteroatoms. The van der Waals surface area contributed by atoms with Crippen molar-refractivity contribution in [2.24, 2.45) is 23.7 Å². The minimum atomic E-state index is -0.707. The fraction of sp³-hybridized carbons (Fsp3) is 0.600. The molecule has 0 spiro atoms. The van der Waals surface area contributed by atoms with E-state index in [2.05, 4.69) is 5.32 Å². The lowest BCUT2D eigenvalue weighted by Gasteiger charge is -2.23. The minimum absolute atomic E-state index is 0.0289. The van der Waals surface area contributed by atoms with Crippen LogP contribution in [0.25, 0.3) is 0 Å². The first kappa shape index (κ1) is 24.9. The van der Waals surface area contributed by atoms with Gasteiger partial charge in [0.25, 0.3) is 0 Å². The minimum Gasteiger partial charge on any atom is -0.346 e. The van der Waals surface area contributed by atoms with E-state index in [1.807, 2.05) is 20.8 Å². The van der Waals surface area contributed by atoms with Gasteiger partial charge in [0.15, 0.2) is 0 Å². The maximum atomic E-state index is 13.1. The fourth-order valence-corrected chi connectivity index (χ4v) is 4.28. The molecule has 0 heterocycles. The smallest absolute Gasteiger partial charge is 0.224 e. The summed E-state index contributed by atoms with van der Waals surface area (Å²) in [6, 6.07) is 5.36. The van der Waals surface area contributed by atoms with Gasteiger partial charge in [-0.3, -0.25) is 14.4 Å². The standard InChI is InChI=1S/C25H34FNO4/c1-16(2)11-20(14-24(30)17(3)12-18-7-9-21(26)10-8-18)25(31)27-22(15-28)13-19-5-4-6-23(19)29/h7-10,15-17,19-20,22H,4-6,11-14H2,1-3H3,(H,27,31)/t17-,19-,20+,22-/m0/s1. The number of rotatable bonds is 12. The number of ketones is 2. The van der Waals surface area contributed by atoms with Crippen LogP contribution in [-0.4, -0.2) is 29.8 Å². The Bertz CT molecular complexity index is 774. The number of halogens is 1. The van der Waals surface area contributed by atoms with Gasteiger partial charge in [0.05, 0.1) is 6.04 Å². The predicted molar refractivity (Wildman–Crippen MR) is 117 cm³/mol. The number of carbonyl (C=O) groups is 4. The van der Waals surface area contributed by atoms with E-state index in [1.165, 1.54) is 12.1 Å². The van der Waals surface area contributed by atoms with Crippen LogP contribution in [0, 0.1) is 29.5 Å². The van der Waals surface area contributed by atoms with Crippen LogP contribution in [0.15, 0.2) is 24.3 Å². The molecule has 170 valence electrons. The highest BCUT2D eigenvalue weighted by molar-refractivity contribution is 5.89. The maximum Gasteiger partial charge on any atom is 0.224 e. The van der Waals surface area contributed by atoms with Crippen LogP contribution in [0.5, 0.6) is 0 Å². The zero-order valence-electron chi connectivity index (χ0n) is 18.7. The summed E-state index contributed by atoms with van der Waals surface area (Å²) in [6.45, 7) is 5.79. The Morgan fingerprint density at radius 1 is 1.19 bits per heavy atom. The average molecular weight is 432 g/mol. The summed E-state index contributed by atoms with van der Waals surface area (Å²) >= 11 is 0. The molecular weight excluding hydrogens is 397 g/mol. The van der Waals surface area contributed by atoms with Crippen molar-refractivity contribution in [3.8, 4) is 0 Å². The van der Waals surface area contributed by atoms with Gasteiger partial charge >= 0.3 is 0 Å². The molecule has 2 rings (SSSR count). The molecule has 1 amide bonds. The van der Waals surface area contributed by atoms with E-state index in [0.29, 0.717) is 32.0 Å². The second kappa shape index (κ2) is 11.9. The van der Waals surface area contributed by atoms with Crippen molar-refractivity contribution in [3.05, 3.63) is 35.6 Å². The lowest BCUT2D eigenvalue weighted by molar-refractivity contribution is -0.132. The van der Waals surface area contributed by atoms with E-state index in [0.717, 1.165) is 18.4 Å². The van der Waals surface area contributed by atoms with Gasteiger partial charge in [-0.1, -0.05) is 32.9 Å². The molecule has 1 aliphatic carbocycles. The number of Topliss-reactive ketones (excluding diaryl/α,β-unsaturated/α-hetero) is 2. The Morgan fingerprint density at radius 2 is 1.87 bits per heavy atom. The van der Waals surface area contributed by atoms with E-state index in [9.17, 15) is 23.6 Å². The van der Waals surface area contributed by atoms with E-state index in [1.54, 1.807) is 12.1 Å². The SMILES string of the molecule is CC(C)C[C@H](CC(=O)[C@@H](C)Cc1ccc(F)cc1)C(=O)N[C@H](C=O)C[C@@H]1CCCC1=O. The van der Waals surface area contributed by atoms with Crippen LogP contribution in [-0.2, 0) is 25.6 Å². The fourth-order valence-electron chi connectivity index (χ4n) is 4.28. The number of hydrogen-bond acceptors (Lipinski definition) is 4. The molecule has 1 aromatic rings. The summed E-state index contributed by atoms with van der Waals surface area (Å²) < 4.78 is 13.1. The molecule has 5 nitrogen and oxygen atoms in total. The molecule has 0 unspecified atom stereocenters. The molecule has 0 radical (unpaired) electrons. The highest BCUT2D eigenvalue weighted by Crippen LogP contribution is 2.26. The van der Waals surface area contributed by atoms with E-state index in [4.69, 9.17) is 0 Å². The van der Waals surface area contributed by atoms with Crippen LogP contribution in [0.3, 0.4) is 0 Å². The van der Waals surface area contributed by atoms with Crippen molar-refractivity contribution in [1.82, 2.24) is 5.32 Å². The third kappa shape index (κ3) is 8.00. The van der Waals surface area contributed by atoms with Crippen molar-refractivity contribution in [1.29, 1.82) is 0 Å². The maximum absolute atomic E-state index is 13.1. The van der Waals surface area contributed by atoms with E-state index in [-0.39, 0.29) is 47.5 Å². The number of nitrogens with one attached hydrogen (secondary N) is 1. The highest BCUT2D eigenvalue weighted by atomic mass is 19.1. The molecule has 1 fully saturated rings. The molecule has 0 saturated heterocycles. The Hall–Kier alpha value is -2.37. The van der Waals surface area contributed by atoms with Crippen molar-refractivity contribution >= 4 is 23.8 Å². The molecule has 1 N–H and O–H groups in total. The number of carbonyl (C=O) groups excluding carboxylic acids is 4. The molecule has 1 aromatic carbocycles. The summed E-state index contributed by atoms with van der Waals surface area (Å²) in [5.74, 6) is -1.28. The average Bonchev–Trinajstić information content (AvgIpc) is 3.12. The van der Waals surface area contributed by atoms with Crippen LogP contribution in [0.4, 0.5) is 4.39 Å². The van der Waals surface area contributed by atoms with Gasteiger partial charge < -0.3 is 10.1 Å². The van der Waals surface area contributed by atoms with Gasteiger partial charge in [-0.15, -0.1) is 0 Å².